The van der Waals surface area contributed by atoms with Crippen LogP contribution in [0.4, 0.5) is 5.69 Å². The number of aromatic carboxylic acids is 1. The molecule has 1 aliphatic heterocycles. The molecule has 1 aliphatic rings. The second kappa shape index (κ2) is 9.38. The van der Waals surface area contributed by atoms with Crippen molar-refractivity contribution in [1.29, 1.82) is 0 Å². The van der Waals surface area contributed by atoms with Gasteiger partial charge in [0.2, 0.25) is 0 Å². The van der Waals surface area contributed by atoms with E-state index in [2.05, 4.69) is 4.98 Å². The molecule has 2 aromatic carbocycles. The van der Waals surface area contributed by atoms with Crippen LogP contribution in [0.2, 0.25) is 0 Å². The Labute approximate surface area is 200 Å². The predicted octanol–water partition coefficient (Wildman–Crippen LogP) is 3.95. The van der Waals surface area contributed by atoms with Crippen LogP contribution in [0.3, 0.4) is 0 Å². The number of carboxylic acids is 1. The van der Waals surface area contributed by atoms with Crippen molar-refractivity contribution in [3.8, 4) is 5.75 Å². The van der Waals surface area contributed by atoms with E-state index in [-0.39, 0.29) is 41.2 Å². The van der Waals surface area contributed by atoms with E-state index >= 15 is 0 Å². The zero-order valence-electron chi connectivity index (χ0n) is 19.3. The van der Waals surface area contributed by atoms with Crippen LogP contribution in [0.25, 0.3) is 0 Å². The first-order valence-corrected chi connectivity index (χ1v) is 10.8. The number of aryl methyl sites for hydroxylation is 2. The van der Waals surface area contributed by atoms with Gasteiger partial charge < -0.3 is 14.6 Å². The number of rotatable bonds is 7. The summed E-state index contributed by atoms with van der Waals surface area (Å²) >= 11 is 0. The molecule has 35 heavy (non-hydrogen) atoms. The molecular weight excluding hydrogens is 452 g/mol. The molecule has 0 saturated heterocycles. The van der Waals surface area contributed by atoms with Gasteiger partial charge >= 0.3 is 11.9 Å². The number of hydrogen-bond acceptors (Lipinski definition) is 7. The molecule has 0 bridgehead atoms. The van der Waals surface area contributed by atoms with Gasteiger partial charge in [-0.25, -0.2) is 14.5 Å². The Morgan fingerprint density at radius 2 is 1.71 bits per heavy atom. The number of aromatic nitrogens is 1. The number of nitrogens with zero attached hydrogens (tertiary/aromatic N) is 2. The molecule has 0 spiro atoms. The zero-order valence-corrected chi connectivity index (χ0v) is 19.3. The van der Waals surface area contributed by atoms with Gasteiger partial charge in [0.05, 0.1) is 34.7 Å². The van der Waals surface area contributed by atoms with Gasteiger partial charge in [0.1, 0.15) is 17.9 Å². The van der Waals surface area contributed by atoms with Crippen molar-refractivity contribution in [2.45, 2.75) is 27.4 Å². The van der Waals surface area contributed by atoms with Crippen molar-refractivity contribution in [2.75, 3.05) is 11.5 Å². The molecule has 1 aromatic heterocycles. The number of carbonyl (C=O) groups excluding carboxylic acids is 3. The molecule has 0 fully saturated rings. The molecular formula is C26H22N2O7. The minimum Gasteiger partial charge on any atom is -0.488 e. The summed E-state index contributed by atoms with van der Waals surface area (Å²) in [6.07, 6.45) is 0. The normalized spacial score (nSPS) is 12.5. The number of amides is 2. The summed E-state index contributed by atoms with van der Waals surface area (Å²) in [5.74, 6) is -2.71. The Balaban J connectivity index is 1.62. The van der Waals surface area contributed by atoms with Gasteiger partial charge in [-0.1, -0.05) is 18.2 Å². The first-order valence-electron chi connectivity index (χ1n) is 10.8. The lowest BCUT2D eigenvalue weighted by atomic mass is 10.1. The van der Waals surface area contributed by atoms with Crippen LogP contribution in [0.1, 0.15) is 65.3 Å². The lowest BCUT2D eigenvalue weighted by Crippen LogP contribution is -2.30. The summed E-state index contributed by atoms with van der Waals surface area (Å²) in [7, 11) is 0. The van der Waals surface area contributed by atoms with E-state index in [1.165, 1.54) is 30.3 Å². The van der Waals surface area contributed by atoms with Gasteiger partial charge in [0.25, 0.3) is 11.8 Å². The van der Waals surface area contributed by atoms with Crippen molar-refractivity contribution in [3.63, 3.8) is 0 Å². The van der Waals surface area contributed by atoms with E-state index in [0.29, 0.717) is 22.7 Å². The van der Waals surface area contributed by atoms with Crippen molar-refractivity contribution >= 4 is 29.4 Å². The van der Waals surface area contributed by atoms with E-state index in [4.69, 9.17) is 9.47 Å². The highest BCUT2D eigenvalue weighted by Gasteiger charge is 2.38. The van der Waals surface area contributed by atoms with Crippen LogP contribution in [-0.2, 0) is 11.3 Å². The summed E-state index contributed by atoms with van der Waals surface area (Å²) in [5, 5.41) is 9.47. The molecule has 2 heterocycles. The summed E-state index contributed by atoms with van der Waals surface area (Å²) in [6, 6.07) is 12.1. The fourth-order valence-corrected chi connectivity index (χ4v) is 3.97. The third kappa shape index (κ3) is 4.35. The first kappa shape index (κ1) is 23.6. The summed E-state index contributed by atoms with van der Waals surface area (Å²) in [5.41, 5.74) is 2.10. The molecule has 1 N–H and O–H groups in total. The number of pyridine rings is 1. The molecule has 3 aromatic rings. The highest BCUT2D eigenvalue weighted by Crippen LogP contribution is 2.32. The van der Waals surface area contributed by atoms with Crippen molar-refractivity contribution in [2.24, 2.45) is 0 Å². The molecule has 0 aliphatic carbocycles. The van der Waals surface area contributed by atoms with Crippen LogP contribution in [0, 0.1) is 13.8 Å². The summed E-state index contributed by atoms with van der Waals surface area (Å²) in [4.78, 5) is 55.3. The number of anilines is 1. The summed E-state index contributed by atoms with van der Waals surface area (Å²) in [6.45, 7) is 5.38. The molecule has 0 atom stereocenters. The molecule has 9 heteroatoms. The lowest BCUT2D eigenvalue weighted by Gasteiger charge is -2.16. The summed E-state index contributed by atoms with van der Waals surface area (Å²) < 4.78 is 11.0. The number of hydrogen-bond donors (Lipinski definition) is 1. The number of fused-ring (bicyclic) bond motifs is 1. The molecule has 4 rings (SSSR count). The Hall–Kier alpha value is -4.53. The van der Waals surface area contributed by atoms with Crippen LogP contribution < -0.4 is 9.64 Å². The van der Waals surface area contributed by atoms with Crippen LogP contribution in [0.5, 0.6) is 5.75 Å². The Morgan fingerprint density at radius 1 is 1.00 bits per heavy atom. The average Bonchev–Trinajstić information content (AvgIpc) is 3.06. The van der Waals surface area contributed by atoms with Gasteiger partial charge in [-0.3, -0.25) is 14.6 Å². The van der Waals surface area contributed by atoms with Crippen molar-refractivity contribution in [3.05, 3.63) is 87.7 Å². The first-order chi connectivity index (χ1) is 16.7. The second-order valence-electron chi connectivity index (χ2n) is 7.88. The van der Waals surface area contributed by atoms with Gasteiger partial charge in [0, 0.05) is 11.8 Å². The third-order valence-electron chi connectivity index (χ3n) is 5.49. The largest absolute Gasteiger partial charge is 0.488 e. The monoisotopic (exact) mass is 474 g/mol. The maximum atomic E-state index is 13.1. The van der Waals surface area contributed by atoms with Gasteiger partial charge in [-0.05, 0) is 50.6 Å². The number of para-hydroxylation sites is 1. The molecule has 2 amide bonds. The van der Waals surface area contributed by atoms with E-state index in [1.54, 1.807) is 39.0 Å². The van der Waals surface area contributed by atoms with E-state index in [9.17, 15) is 24.3 Å². The average molecular weight is 474 g/mol. The van der Waals surface area contributed by atoms with Crippen molar-refractivity contribution < 1.29 is 33.8 Å². The van der Waals surface area contributed by atoms with E-state index in [0.717, 1.165) is 4.90 Å². The standard InChI is InChI=1S/C26H22N2O7/c1-4-34-26(33)22-15(3)27-14(2)11-21(22)35-13-16-9-10-17-19(12-16)24(30)28(23(17)29)20-8-6-5-7-18(20)25(31)32/h5-12H,4,13H2,1-3H3,(H,31,32). The number of ether oxygens (including phenoxy) is 2. The maximum absolute atomic E-state index is 13.1. The van der Waals surface area contributed by atoms with E-state index in [1.807, 2.05) is 0 Å². The molecule has 0 saturated carbocycles. The minimum atomic E-state index is -1.24. The van der Waals surface area contributed by atoms with Gasteiger partial charge in [0.15, 0.2) is 0 Å². The molecule has 178 valence electrons. The fraction of sp³-hybridized carbons (Fsp3) is 0.192. The fourth-order valence-electron chi connectivity index (χ4n) is 3.97. The Bertz CT molecular complexity index is 1380. The molecule has 9 nitrogen and oxygen atoms in total. The maximum Gasteiger partial charge on any atom is 0.343 e. The lowest BCUT2D eigenvalue weighted by molar-refractivity contribution is 0.0518. The molecule has 0 unspecified atom stereocenters. The Morgan fingerprint density at radius 3 is 2.43 bits per heavy atom. The number of esters is 1. The third-order valence-corrected chi connectivity index (χ3v) is 5.49. The van der Waals surface area contributed by atoms with Crippen LogP contribution >= 0.6 is 0 Å². The van der Waals surface area contributed by atoms with E-state index < -0.39 is 23.8 Å². The SMILES string of the molecule is CCOC(=O)c1c(OCc2ccc3c(c2)C(=O)N(c2ccccc2C(=O)O)C3=O)cc(C)nc1C. The topological polar surface area (TPSA) is 123 Å². The van der Waals surface area contributed by atoms with Crippen molar-refractivity contribution in [1.82, 2.24) is 4.98 Å². The highest BCUT2D eigenvalue weighted by molar-refractivity contribution is 6.35. The smallest absolute Gasteiger partial charge is 0.343 e. The van der Waals surface area contributed by atoms with Crippen LogP contribution in [-0.4, -0.2) is 40.5 Å². The number of imide groups is 1. The second-order valence-corrected chi connectivity index (χ2v) is 7.88. The molecule has 0 radical (unpaired) electrons. The minimum absolute atomic E-state index is 0.00538. The van der Waals surface area contributed by atoms with Crippen LogP contribution in [0.15, 0.2) is 48.5 Å². The zero-order chi connectivity index (χ0) is 25.3. The Kier molecular flexibility index (Phi) is 6.33. The number of benzene rings is 2. The highest BCUT2D eigenvalue weighted by atomic mass is 16.5. The van der Waals surface area contributed by atoms with Gasteiger partial charge in [-0.15, -0.1) is 0 Å². The number of carboxylic acid groups (broad SMARTS) is 1. The van der Waals surface area contributed by atoms with Gasteiger partial charge in [-0.2, -0.15) is 0 Å². The quantitative estimate of drug-likeness (QED) is 0.403. The predicted molar refractivity (Wildman–Crippen MR) is 125 cm³/mol. The number of carbonyl (C=O) groups is 4.